The molecule has 1 aromatic rings. The van der Waals surface area contributed by atoms with Gasteiger partial charge in [-0.3, -0.25) is 4.99 Å². The Labute approximate surface area is 108 Å². The van der Waals surface area contributed by atoms with Gasteiger partial charge in [0.2, 0.25) is 0 Å². The molecular weight excluding hydrogens is 228 g/mol. The molecule has 0 aliphatic carbocycles. The van der Waals surface area contributed by atoms with Gasteiger partial charge in [0.1, 0.15) is 5.75 Å². The molecular formula is C13H20N4O. The number of aliphatic imine (C=N–C) groups is 1. The smallest absolute Gasteiger partial charge is 0.117 e. The van der Waals surface area contributed by atoms with Crippen LogP contribution >= 0.6 is 0 Å². The number of nitrogens with one attached hydrogen (secondary N) is 1. The number of anilines is 2. The van der Waals surface area contributed by atoms with Crippen molar-refractivity contribution >= 4 is 17.7 Å². The molecule has 0 aliphatic rings. The molecule has 0 bridgehead atoms. The zero-order valence-electron chi connectivity index (χ0n) is 10.8. The van der Waals surface area contributed by atoms with Gasteiger partial charge in [-0.2, -0.15) is 0 Å². The van der Waals surface area contributed by atoms with Crippen LogP contribution < -0.4 is 11.1 Å². The lowest BCUT2D eigenvalue weighted by atomic mass is 10.2. The Morgan fingerprint density at radius 3 is 2.89 bits per heavy atom. The number of phenolic OH excluding ortho intramolecular Hbond substituents is 1. The Bertz CT molecular complexity index is 417. The maximum Gasteiger partial charge on any atom is 0.117 e. The van der Waals surface area contributed by atoms with Crippen LogP contribution in [0.25, 0.3) is 0 Å². The summed E-state index contributed by atoms with van der Waals surface area (Å²) in [6.07, 6.45) is 5.67. The first-order chi connectivity index (χ1) is 8.67. The summed E-state index contributed by atoms with van der Waals surface area (Å²) in [6.45, 7) is 3.47. The van der Waals surface area contributed by atoms with E-state index in [1.54, 1.807) is 25.5 Å². The molecule has 0 unspecified atom stereocenters. The first-order valence-corrected chi connectivity index (χ1v) is 5.80. The van der Waals surface area contributed by atoms with Gasteiger partial charge in [-0.05, 0) is 19.1 Å². The average molecular weight is 248 g/mol. The number of hydrogen-bond acceptors (Lipinski definition) is 4. The summed E-state index contributed by atoms with van der Waals surface area (Å²) in [4.78, 5) is 5.95. The van der Waals surface area contributed by atoms with Crippen LogP contribution in [0.15, 0.2) is 35.5 Å². The minimum atomic E-state index is 0.173. The number of allylic oxidation sites excluding steroid dienone is 1. The van der Waals surface area contributed by atoms with Crippen molar-refractivity contribution in [3.8, 4) is 5.75 Å². The molecule has 0 amide bonds. The zero-order valence-corrected chi connectivity index (χ0v) is 10.8. The minimum absolute atomic E-state index is 0.173. The molecule has 0 saturated carbocycles. The normalized spacial score (nSPS) is 11.2. The molecule has 18 heavy (non-hydrogen) atoms. The predicted molar refractivity (Wildman–Crippen MR) is 76.9 cm³/mol. The SMILES string of the molecule is C/C=C\N(C=NC)CCNc1ccc(O)cc1N. The fourth-order valence-electron chi connectivity index (χ4n) is 1.54. The van der Waals surface area contributed by atoms with Crippen LogP contribution in [-0.2, 0) is 0 Å². The van der Waals surface area contributed by atoms with Crippen LogP contribution in [0.3, 0.4) is 0 Å². The fourth-order valence-corrected chi connectivity index (χ4v) is 1.54. The Morgan fingerprint density at radius 2 is 2.28 bits per heavy atom. The van der Waals surface area contributed by atoms with E-state index >= 15 is 0 Å². The number of nitrogens with two attached hydrogens (primary N) is 1. The maximum atomic E-state index is 9.25. The topological polar surface area (TPSA) is 73.9 Å². The Hall–Kier alpha value is -2.17. The van der Waals surface area contributed by atoms with E-state index in [9.17, 15) is 5.11 Å². The summed E-state index contributed by atoms with van der Waals surface area (Å²) in [5.74, 6) is 0.173. The Morgan fingerprint density at radius 1 is 1.50 bits per heavy atom. The van der Waals surface area contributed by atoms with Crippen molar-refractivity contribution in [3.05, 3.63) is 30.5 Å². The van der Waals surface area contributed by atoms with E-state index in [1.807, 2.05) is 24.1 Å². The fraction of sp³-hybridized carbons (Fsp3) is 0.308. The maximum absolute atomic E-state index is 9.25. The average Bonchev–Trinajstić information content (AvgIpc) is 2.32. The highest BCUT2D eigenvalue weighted by molar-refractivity contribution is 5.68. The molecule has 0 aromatic heterocycles. The molecule has 0 fully saturated rings. The summed E-state index contributed by atoms with van der Waals surface area (Å²) in [5, 5.41) is 12.5. The number of nitrogens with zero attached hydrogens (tertiary/aromatic N) is 2. The molecule has 98 valence electrons. The van der Waals surface area contributed by atoms with Crippen molar-refractivity contribution in [2.75, 3.05) is 31.2 Å². The predicted octanol–water partition coefficient (Wildman–Crippen LogP) is 1.88. The number of hydrogen-bond donors (Lipinski definition) is 3. The van der Waals surface area contributed by atoms with Gasteiger partial charge in [-0.1, -0.05) is 6.08 Å². The second kappa shape index (κ2) is 7.21. The molecule has 1 rings (SSSR count). The summed E-state index contributed by atoms with van der Waals surface area (Å²) < 4.78 is 0. The molecule has 0 radical (unpaired) electrons. The summed E-state index contributed by atoms with van der Waals surface area (Å²) in [7, 11) is 1.74. The van der Waals surface area contributed by atoms with Crippen LogP contribution in [0.2, 0.25) is 0 Å². The van der Waals surface area contributed by atoms with E-state index in [1.165, 1.54) is 6.07 Å². The van der Waals surface area contributed by atoms with E-state index in [2.05, 4.69) is 10.3 Å². The molecule has 0 spiro atoms. The highest BCUT2D eigenvalue weighted by Crippen LogP contribution is 2.22. The van der Waals surface area contributed by atoms with Crippen LogP contribution in [-0.4, -0.2) is 36.5 Å². The van der Waals surface area contributed by atoms with Gasteiger partial charge >= 0.3 is 0 Å². The lowest BCUT2D eigenvalue weighted by molar-refractivity contribution is 0.475. The van der Waals surface area contributed by atoms with Crippen molar-refractivity contribution in [2.45, 2.75) is 6.92 Å². The van der Waals surface area contributed by atoms with Gasteiger partial charge < -0.3 is 21.1 Å². The van der Waals surface area contributed by atoms with Gasteiger partial charge in [-0.15, -0.1) is 0 Å². The number of benzene rings is 1. The van der Waals surface area contributed by atoms with Crippen LogP contribution in [0.4, 0.5) is 11.4 Å². The molecule has 0 aliphatic heterocycles. The number of nitrogen functional groups attached to an aromatic ring is 1. The van der Waals surface area contributed by atoms with Gasteiger partial charge in [0.15, 0.2) is 0 Å². The first-order valence-electron chi connectivity index (χ1n) is 5.80. The van der Waals surface area contributed by atoms with Crippen molar-refractivity contribution in [1.82, 2.24) is 4.90 Å². The second-order valence-corrected chi connectivity index (χ2v) is 3.79. The molecule has 0 saturated heterocycles. The molecule has 4 N–H and O–H groups in total. The third kappa shape index (κ3) is 4.37. The van der Waals surface area contributed by atoms with Crippen LogP contribution in [0.1, 0.15) is 6.92 Å². The minimum Gasteiger partial charge on any atom is -0.508 e. The molecule has 1 aromatic carbocycles. The van der Waals surface area contributed by atoms with E-state index < -0.39 is 0 Å². The molecule has 5 nitrogen and oxygen atoms in total. The van der Waals surface area contributed by atoms with Crippen LogP contribution in [0, 0.1) is 0 Å². The zero-order chi connectivity index (χ0) is 13.4. The van der Waals surface area contributed by atoms with E-state index in [4.69, 9.17) is 5.73 Å². The lowest BCUT2D eigenvalue weighted by Gasteiger charge is -2.16. The molecule has 5 heteroatoms. The molecule has 0 heterocycles. The lowest BCUT2D eigenvalue weighted by Crippen LogP contribution is -2.23. The van der Waals surface area contributed by atoms with Crippen LogP contribution in [0.5, 0.6) is 5.75 Å². The van der Waals surface area contributed by atoms with Crippen molar-refractivity contribution in [1.29, 1.82) is 0 Å². The van der Waals surface area contributed by atoms with E-state index in [0.717, 1.165) is 18.8 Å². The highest BCUT2D eigenvalue weighted by Gasteiger charge is 2.00. The van der Waals surface area contributed by atoms with Crippen molar-refractivity contribution in [2.24, 2.45) is 4.99 Å². The van der Waals surface area contributed by atoms with Gasteiger partial charge in [-0.25, -0.2) is 0 Å². The van der Waals surface area contributed by atoms with Crippen molar-refractivity contribution in [3.63, 3.8) is 0 Å². The summed E-state index contributed by atoms with van der Waals surface area (Å²) in [6, 6.07) is 4.90. The monoisotopic (exact) mass is 248 g/mol. The van der Waals surface area contributed by atoms with Crippen molar-refractivity contribution < 1.29 is 5.11 Å². The molecule has 0 atom stereocenters. The van der Waals surface area contributed by atoms with Gasteiger partial charge in [0, 0.05) is 32.4 Å². The third-order valence-corrected chi connectivity index (χ3v) is 2.32. The second-order valence-electron chi connectivity index (χ2n) is 3.79. The summed E-state index contributed by atoms with van der Waals surface area (Å²) in [5.41, 5.74) is 7.14. The first kappa shape index (κ1) is 13.9. The third-order valence-electron chi connectivity index (χ3n) is 2.32. The Balaban J connectivity index is 2.49. The largest absolute Gasteiger partial charge is 0.508 e. The van der Waals surface area contributed by atoms with Gasteiger partial charge in [0.05, 0.1) is 17.7 Å². The Kier molecular flexibility index (Phi) is 5.57. The standard InChI is InChI=1S/C13H20N4O/c1-3-7-17(10-15-2)8-6-16-13-5-4-11(18)9-12(13)14/h3-5,7,9-10,16,18H,6,8,14H2,1-2H3/b7-3-,15-10?. The number of aromatic hydroxyl groups is 1. The van der Waals surface area contributed by atoms with E-state index in [-0.39, 0.29) is 5.75 Å². The van der Waals surface area contributed by atoms with E-state index in [0.29, 0.717) is 5.69 Å². The quantitative estimate of drug-likeness (QED) is 0.311. The highest BCUT2D eigenvalue weighted by atomic mass is 16.3. The number of phenols is 1. The summed E-state index contributed by atoms with van der Waals surface area (Å²) >= 11 is 0. The number of rotatable bonds is 6. The van der Waals surface area contributed by atoms with Gasteiger partial charge in [0.25, 0.3) is 0 Å².